The average Bonchev–Trinajstić information content (AvgIpc) is 2.29. The number of hydrogen-bond acceptors (Lipinski definition) is 3. The Morgan fingerprint density at radius 1 is 1.19 bits per heavy atom. The molecule has 0 aliphatic carbocycles. The van der Waals surface area contributed by atoms with Gasteiger partial charge < -0.3 is 4.74 Å². The largest absolute Gasteiger partial charge is 0.466 e. The van der Waals surface area contributed by atoms with E-state index in [0.29, 0.717) is 12.2 Å². The summed E-state index contributed by atoms with van der Waals surface area (Å²) in [4.78, 5) is 23.0. The summed E-state index contributed by atoms with van der Waals surface area (Å²) in [7, 11) is 0. The molecule has 0 saturated carbocycles. The number of Topliss-reactive ketones (excluding diaryl/α,β-unsaturated/α-hetero) is 1. The highest BCUT2D eigenvalue weighted by atomic mass is 16.5. The molecular formula is C13H16O3. The Morgan fingerprint density at radius 2 is 1.88 bits per heavy atom. The van der Waals surface area contributed by atoms with Crippen molar-refractivity contribution in [2.24, 2.45) is 0 Å². The van der Waals surface area contributed by atoms with Crippen LogP contribution >= 0.6 is 0 Å². The van der Waals surface area contributed by atoms with Crippen LogP contribution in [0.25, 0.3) is 0 Å². The lowest BCUT2D eigenvalue weighted by Gasteiger charge is -2.06. The van der Waals surface area contributed by atoms with E-state index in [1.165, 1.54) is 0 Å². The first-order chi connectivity index (χ1) is 7.69. The van der Waals surface area contributed by atoms with Crippen LogP contribution in [0, 0.1) is 0 Å². The maximum absolute atomic E-state index is 11.8. The molecule has 86 valence electrons. The van der Waals surface area contributed by atoms with Crippen LogP contribution in [-0.2, 0) is 16.0 Å². The number of hydrogen-bond donors (Lipinski definition) is 0. The first kappa shape index (κ1) is 12.4. The van der Waals surface area contributed by atoms with E-state index in [0.717, 1.165) is 12.0 Å². The molecule has 0 bridgehead atoms. The minimum absolute atomic E-state index is 0.170. The molecule has 0 amide bonds. The van der Waals surface area contributed by atoms with Crippen LogP contribution in [0.3, 0.4) is 0 Å². The van der Waals surface area contributed by atoms with Crippen LogP contribution in [-0.4, -0.2) is 18.4 Å². The van der Waals surface area contributed by atoms with Crippen molar-refractivity contribution in [2.75, 3.05) is 6.61 Å². The van der Waals surface area contributed by atoms with E-state index in [1.807, 2.05) is 19.1 Å². The quantitative estimate of drug-likeness (QED) is 0.434. The van der Waals surface area contributed by atoms with Crippen molar-refractivity contribution >= 4 is 11.8 Å². The molecule has 0 atom stereocenters. The number of aryl methyl sites for hydroxylation is 1. The van der Waals surface area contributed by atoms with Gasteiger partial charge in [0, 0.05) is 5.56 Å². The van der Waals surface area contributed by atoms with Crippen molar-refractivity contribution in [2.45, 2.75) is 26.7 Å². The highest BCUT2D eigenvalue weighted by Crippen LogP contribution is 2.12. The van der Waals surface area contributed by atoms with Gasteiger partial charge in [0.2, 0.25) is 0 Å². The number of benzene rings is 1. The van der Waals surface area contributed by atoms with Gasteiger partial charge in [-0.2, -0.15) is 0 Å². The average molecular weight is 220 g/mol. The second-order valence-electron chi connectivity index (χ2n) is 3.42. The van der Waals surface area contributed by atoms with Gasteiger partial charge in [0.1, 0.15) is 6.42 Å². The van der Waals surface area contributed by atoms with Crippen LogP contribution in [0.5, 0.6) is 0 Å². The summed E-state index contributed by atoms with van der Waals surface area (Å²) < 4.78 is 4.75. The zero-order valence-corrected chi connectivity index (χ0v) is 9.66. The van der Waals surface area contributed by atoms with E-state index in [1.54, 1.807) is 19.1 Å². The zero-order valence-electron chi connectivity index (χ0n) is 9.66. The standard InChI is InChI=1S/C13H16O3/c1-3-10-7-5-6-8-11(10)12(14)9-13(15)16-4-2/h5-8H,3-4,9H2,1-2H3. The maximum Gasteiger partial charge on any atom is 0.313 e. The third-order valence-corrected chi connectivity index (χ3v) is 2.31. The Hall–Kier alpha value is -1.64. The molecule has 1 rings (SSSR count). The zero-order chi connectivity index (χ0) is 12.0. The predicted molar refractivity (Wildman–Crippen MR) is 61.4 cm³/mol. The van der Waals surface area contributed by atoms with E-state index in [4.69, 9.17) is 4.74 Å². The minimum Gasteiger partial charge on any atom is -0.466 e. The summed E-state index contributed by atoms with van der Waals surface area (Å²) in [6, 6.07) is 7.34. The van der Waals surface area contributed by atoms with Gasteiger partial charge in [0.15, 0.2) is 5.78 Å². The predicted octanol–water partition coefficient (Wildman–Crippen LogP) is 2.38. The number of ether oxygens (including phenoxy) is 1. The number of ketones is 1. The molecule has 0 saturated heterocycles. The fourth-order valence-electron chi connectivity index (χ4n) is 1.54. The topological polar surface area (TPSA) is 43.4 Å². The van der Waals surface area contributed by atoms with E-state index in [-0.39, 0.29) is 12.2 Å². The molecule has 3 heteroatoms. The summed E-state index contributed by atoms with van der Waals surface area (Å²) in [6.45, 7) is 4.01. The molecule has 0 fully saturated rings. The first-order valence-electron chi connectivity index (χ1n) is 5.45. The van der Waals surface area contributed by atoms with Crippen molar-refractivity contribution in [3.63, 3.8) is 0 Å². The fourth-order valence-corrected chi connectivity index (χ4v) is 1.54. The van der Waals surface area contributed by atoms with Crippen molar-refractivity contribution in [3.05, 3.63) is 35.4 Å². The highest BCUT2D eigenvalue weighted by Gasteiger charge is 2.14. The van der Waals surface area contributed by atoms with Crippen LogP contribution in [0.4, 0.5) is 0 Å². The molecule has 0 aliphatic heterocycles. The summed E-state index contributed by atoms with van der Waals surface area (Å²) in [5.74, 6) is -0.630. The number of esters is 1. The fraction of sp³-hybridized carbons (Fsp3) is 0.385. The van der Waals surface area contributed by atoms with E-state index >= 15 is 0 Å². The Bertz CT molecular complexity index is 383. The molecule has 0 unspecified atom stereocenters. The molecule has 0 aliphatic rings. The molecule has 16 heavy (non-hydrogen) atoms. The molecular weight excluding hydrogens is 204 g/mol. The first-order valence-corrected chi connectivity index (χ1v) is 5.45. The highest BCUT2D eigenvalue weighted by molar-refractivity contribution is 6.06. The summed E-state index contributed by atoms with van der Waals surface area (Å²) in [6.07, 6.45) is 0.607. The van der Waals surface area contributed by atoms with Crippen LogP contribution in [0.2, 0.25) is 0 Å². The van der Waals surface area contributed by atoms with Crippen LogP contribution in [0.1, 0.15) is 36.2 Å². The van der Waals surface area contributed by atoms with Crippen molar-refractivity contribution < 1.29 is 14.3 Å². The minimum atomic E-state index is -0.460. The monoisotopic (exact) mass is 220 g/mol. The van der Waals surface area contributed by atoms with Gasteiger partial charge in [-0.05, 0) is 18.9 Å². The lowest BCUT2D eigenvalue weighted by Crippen LogP contribution is -2.12. The Balaban J connectivity index is 2.76. The van der Waals surface area contributed by atoms with Crippen LogP contribution < -0.4 is 0 Å². The van der Waals surface area contributed by atoms with E-state index in [9.17, 15) is 9.59 Å². The molecule has 0 aromatic heterocycles. The molecule has 0 spiro atoms. The van der Waals surface area contributed by atoms with Gasteiger partial charge in [0.25, 0.3) is 0 Å². The number of rotatable bonds is 5. The molecule has 1 aromatic rings. The van der Waals surface area contributed by atoms with Crippen molar-refractivity contribution in [1.29, 1.82) is 0 Å². The van der Waals surface area contributed by atoms with Gasteiger partial charge in [-0.1, -0.05) is 31.2 Å². The van der Waals surface area contributed by atoms with Gasteiger partial charge in [-0.15, -0.1) is 0 Å². The SMILES string of the molecule is CCOC(=O)CC(=O)c1ccccc1CC. The normalized spacial score (nSPS) is 9.88. The Morgan fingerprint density at radius 3 is 2.50 bits per heavy atom. The van der Waals surface area contributed by atoms with Crippen molar-refractivity contribution in [3.8, 4) is 0 Å². The van der Waals surface area contributed by atoms with Crippen LogP contribution in [0.15, 0.2) is 24.3 Å². The van der Waals surface area contributed by atoms with Gasteiger partial charge in [-0.3, -0.25) is 9.59 Å². The Labute approximate surface area is 95.4 Å². The smallest absolute Gasteiger partial charge is 0.313 e. The number of carbonyl (C=O) groups is 2. The number of carbonyl (C=O) groups excluding carboxylic acids is 2. The molecule has 0 radical (unpaired) electrons. The van der Waals surface area contributed by atoms with E-state index < -0.39 is 5.97 Å². The Kier molecular flexibility index (Phi) is 4.70. The lowest BCUT2D eigenvalue weighted by molar-refractivity contribution is -0.141. The molecule has 0 N–H and O–H groups in total. The summed E-state index contributed by atoms with van der Waals surface area (Å²) in [5.41, 5.74) is 1.59. The molecule has 3 nitrogen and oxygen atoms in total. The third-order valence-electron chi connectivity index (χ3n) is 2.31. The van der Waals surface area contributed by atoms with Crippen molar-refractivity contribution in [1.82, 2.24) is 0 Å². The second-order valence-corrected chi connectivity index (χ2v) is 3.42. The lowest BCUT2D eigenvalue weighted by atomic mass is 10.00. The van der Waals surface area contributed by atoms with E-state index in [2.05, 4.69) is 0 Å². The van der Waals surface area contributed by atoms with Gasteiger partial charge >= 0.3 is 5.97 Å². The second kappa shape index (κ2) is 6.05. The molecule has 1 aromatic carbocycles. The maximum atomic E-state index is 11.8. The molecule has 0 heterocycles. The summed E-state index contributed by atoms with van der Waals surface area (Å²) in [5, 5.41) is 0. The summed E-state index contributed by atoms with van der Waals surface area (Å²) >= 11 is 0. The van der Waals surface area contributed by atoms with Gasteiger partial charge in [0.05, 0.1) is 6.61 Å². The van der Waals surface area contributed by atoms with Gasteiger partial charge in [-0.25, -0.2) is 0 Å². The third kappa shape index (κ3) is 3.19.